The first kappa shape index (κ1) is 17.8. The molecule has 4 bridgehead atoms. The van der Waals surface area contributed by atoms with Gasteiger partial charge in [-0.2, -0.15) is 18.1 Å². The maximum absolute atomic E-state index is 12.4. The smallest absolute Gasteiger partial charge is 0.244 e. The Hall–Kier alpha value is -2.04. The van der Waals surface area contributed by atoms with Gasteiger partial charge < -0.3 is 0 Å². The number of hydrogen-bond acceptors (Lipinski definition) is 5. The van der Waals surface area contributed by atoms with Crippen molar-refractivity contribution in [2.45, 2.75) is 54.8 Å². The molecule has 0 radical (unpaired) electrons. The van der Waals surface area contributed by atoms with Gasteiger partial charge in [-0.15, -0.1) is 11.3 Å². The molecule has 1 aromatic carbocycles. The van der Waals surface area contributed by atoms with Gasteiger partial charge in [0.05, 0.1) is 22.4 Å². The molecule has 2 aromatic rings. The van der Waals surface area contributed by atoms with Crippen LogP contribution in [0.5, 0.6) is 0 Å². The molecule has 1 atom stereocenters. The molecule has 5 aliphatic rings. The fourth-order valence-electron chi connectivity index (χ4n) is 6.66. The number of nitriles is 1. The van der Waals surface area contributed by atoms with Gasteiger partial charge in [-0.05, 0) is 62.3 Å². The number of nitrogens with zero attached hydrogens (tertiary/aromatic N) is 3. The normalized spacial score (nSPS) is 34.4. The third-order valence-electron chi connectivity index (χ3n) is 7.41. The van der Waals surface area contributed by atoms with Crippen LogP contribution in [0.4, 0.5) is 0 Å². The van der Waals surface area contributed by atoms with Crippen molar-refractivity contribution in [2.24, 2.45) is 22.2 Å². The number of hydrogen-bond donors (Lipinski definition) is 0. The summed E-state index contributed by atoms with van der Waals surface area (Å²) in [7, 11) is -3.73. The second-order valence-corrected chi connectivity index (χ2v) is 11.7. The molecule has 7 rings (SSSR count). The maximum Gasteiger partial charge on any atom is 0.283 e. The lowest BCUT2D eigenvalue weighted by atomic mass is 9.49. The number of fused-ring (bicyclic) bond motifs is 1. The van der Waals surface area contributed by atoms with Gasteiger partial charge in [0.25, 0.3) is 10.0 Å². The second-order valence-electron chi connectivity index (χ2n) is 9.28. The molecular formula is C22H21N3O2S2. The van der Waals surface area contributed by atoms with Crippen LogP contribution in [0.2, 0.25) is 0 Å². The average Bonchev–Trinajstić information content (AvgIpc) is 3.26. The Morgan fingerprint density at radius 2 is 1.76 bits per heavy atom. The second kappa shape index (κ2) is 5.99. The molecule has 5 nitrogen and oxygen atoms in total. The van der Waals surface area contributed by atoms with Crippen LogP contribution in [0, 0.1) is 29.1 Å². The molecule has 0 saturated heterocycles. The number of rotatable bonds is 3. The summed E-state index contributed by atoms with van der Waals surface area (Å²) < 4.78 is 28.8. The van der Waals surface area contributed by atoms with E-state index in [4.69, 9.17) is 4.98 Å². The summed E-state index contributed by atoms with van der Waals surface area (Å²) in [6.45, 7) is 0. The first-order chi connectivity index (χ1) is 14.0. The van der Waals surface area contributed by atoms with Gasteiger partial charge in [-0.25, -0.2) is 4.98 Å². The molecule has 0 unspecified atom stereocenters. The van der Waals surface area contributed by atoms with Gasteiger partial charge in [0.15, 0.2) is 0 Å². The van der Waals surface area contributed by atoms with Crippen molar-refractivity contribution in [3.05, 3.63) is 45.9 Å². The summed E-state index contributed by atoms with van der Waals surface area (Å²) in [6.07, 6.45) is 7.79. The molecule has 2 heterocycles. The molecular weight excluding hydrogens is 402 g/mol. The lowest BCUT2D eigenvalue weighted by molar-refractivity contribution is -0.00698. The zero-order valence-corrected chi connectivity index (χ0v) is 17.5. The maximum atomic E-state index is 12.4. The molecule has 4 saturated carbocycles. The predicted octanol–water partition coefficient (Wildman–Crippen LogP) is 4.41. The molecule has 4 fully saturated rings. The van der Waals surface area contributed by atoms with E-state index in [1.54, 1.807) is 24.3 Å². The van der Waals surface area contributed by atoms with E-state index in [0.29, 0.717) is 16.3 Å². The van der Waals surface area contributed by atoms with Gasteiger partial charge >= 0.3 is 0 Å². The Balaban J connectivity index is 1.39. The van der Waals surface area contributed by atoms with Gasteiger partial charge in [-0.3, -0.25) is 0 Å². The molecule has 29 heavy (non-hydrogen) atoms. The molecule has 0 amide bonds. The summed E-state index contributed by atoms with van der Waals surface area (Å²) >= 11 is 1.48. The highest BCUT2D eigenvalue weighted by Crippen LogP contribution is 2.60. The number of thiazole rings is 1. The summed E-state index contributed by atoms with van der Waals surface area (Å²) in [4.78, 5) is 5.15. The Morgan fingerprint density at radius 3 is 2.41 bits per heavy atom. The first-order valence-corrected chi connectivity index (χ1v) is 12.6. The molecule has 148 valence electrons. The van der Waals surface area contributed by atoms with Crippen LogP contribution in [-0.2, 0) is 15.4 Å². The van der Waals surface area contributed by atoms with Crippen LogP contribution < -0.4 is 0 Å². The molecule has 1 aromatic heterocycles. The Labute approximate surface area is 174 Å². The number of benzene rings is 1. The Morgan fingerprint density at radius 1 is 1.10 bits per heavy atom. The van der Waals surface area contributed by atoms with Gasteiger partial charge in [0.2, 0.25) is 0 Å². The SMILES string of the molecule is N#C[C@H](C1=NS(=O)(=O)c2ccccc21)c1nc(C23CC4CC(CC(C4)C2)C3)cs1. The minimum Gasteiger partial charge on any atom is -0.244 e. The van der Waals surface area contributed by atoms with Gasteiger partial charge in [0, 0.05) is 16.4 Å². The van der Waals surface area contributed by atoms with Crippen molar-refractivity contribution in [3.8, 4) is 6.07 Å². The van der Waals surface area contributed by atoms with E-state index in [-0.39, 0.29) is 10.3 Å². The largest absolute Gasteiger partial charge is 0.283 e. The van der Waals surface area contributed by atoms with E-state index in [0.717, 1.165) is 23.4 Å². The summed E-state index contributed by atoms with van der Waals surface area (Å²) in [5.41, 5.74) is 2.15. The Bertz CT molecular complexity index is 1150. The molecule has 1 aliphatic heterocycles. The van der Waals surface area contributed by atoms with Crippen molar-refractivity contribution in [2.75, 3.05) is 0 Å². The van der Waals surface area contributed by atoms with E-state index in [1.165, 1.54) is 49.9 Å². The topological polar surface area (TPSA) is 83.2 Å². The fourth-order valence-corrected chi connectivity index (χ4v) is 8.91. The van der Waals surface area contributed by atoms with Crippen molar-refractivity contribution in [1.82, 2.24) is 4.98 Å². The number of aromatic nitrogens is 1. The zero-order valence-electron chi connectivity index (χ0n) is 15.9. The van der Waals surface area contributed by atoms with Crippen LogP contribution >= 0.6 is 11.3 Å². The lowest BCUT2D eigenvalue weighted by Crippen LogP contribution is -2.48. The minimum atomic E-state index is -3.73. The predicted molar refractivity (Wildman–Crippen MR) is 110 cm³/mol. The molecule has 0 spiro atoms. The van der Waals surface area contributed by atoms with E-state index in [9.17, 15) is 13.7 Å². The summed E-state index contributed by atoms with van der Waals surface area (Å²) in [5.74, 6) is 1.74. The quantitative estimate of drug-likeness (QED) is 0.732. The van der Waals surface area contributed by atoms with Gasteiger partial charge in [-0.1, -0.05) is 18.2 Å². The highest BCUT2D eigenvalue weighted by molar-refractivity contribution is 7.90. The number of sulfonamides is 1. The molecule has 7 heteroatoms. The summed E-state index contributed by atoms with van der Waals surface area (Å²) in [6, 6.07) is 9.03. The van der Waals surface area contributed by atoms with Crippen molar-refractivity contribution in [3.63, 3.8) is 0 Å². The molecule has 0 N–H and O–H groups in total. The van der Waals surface area contributed by atoms with Crippen molar-refractivity contribution < 1.29 is 8.42 Å². The van der Waals surface area contributed by atoms with E-state index in [2.05, 4.69) is 15.8 Å². The van der Waals surface area contributed by atoms with Crippen LogP contribution in [0.1, 0.15) is 60.7 Å². The Kier molecular flexibility index (Phi) is 3.67. The zero-order chi connectivity index (χ0) is 19.8. The van der Waals surface area contributed by atoms with Crippen LogP contribution in [-0.4, -0.2) is 19.1 Å². The van der Waals surface area contributed by atoms with Crippen LogP contribution in [0.15, 0.2) is 38.9 Å². The molecule has 4 aliphatic carbocycles. The monoisotopic (exact) mass is 423 g/mol. The van der Waals surface area contributed by atoms with Crippen LogP contribution in [0.3, 0.4) is 0 Å². The lowest BCUT2D eigenvalue weighted by Gasteiger charge is -2.56. The summed E-state index contributed by atoms with van der Waals surface area (Å²) in [5, 5.41) is 12.7. The van der Waals surface area contributed by atoms with Crippen molar-refractivity contribution in [1.29, 1.82) is 5.26 Å². The average molecular weight is 424 g/mol. The fraction of sp³-hybridized carbons (Fsp3) is 0.500. The highest BCUT2D eigenvalue weighted by Gasteiger charge is 2.52. The van der Waals surface area contributed by atoms with Crippen molar-refractivity contribution >= 4 is 27.1 Å². The van der Waals surface area contributed by atoms with Crippen LogP contribution in [0.25, 0.3) is 0 Å². The van der Waals surface area contributed by atoms with E-state index >= 15 is 0 Å². The van der Waals surface area contributed by atoms with E-state index in [1.807, 2.05) is 0 Å². The first-order valence-electron chi connectivity index (χ1n) is 10.3. The highest BCUT2D eigenvalue weighted by atomic mass is 32.2. The minimum absolute atomic E-state index is 0.172. The van der Waals surface area contributed by atoms with Gasteiger partial charge in [0.1, 0.15) is 10.9 Å². The third-order valence-corrected chi connectivity index (χ3v) is 9.67. The third kappa shape index (κ3) is 2.58. The standard InChI is InChI=1S/C22H21N3O2S2/c23-11-17(20-16-3-1-2-4-18(16)29(26,27)25-20)21-24-19(12-28-21)22-8-13-5-14(9-22)7-15(6-13)10-22/h1-4,12-15,17H,5-10H2/t13?,14?,15?,17-,22?/m1/s1. The van der Waals surface area contributed by atoms with E-state index < -0.39 is 15.9 Å².